The molecule has 124 valence electrons. The SMILES string of the molecule is CCCCC(CC)C(=O)c1ccc(OC(F)(F)C(F)F)cc1. The normalized spacial score (nSPS) is 13.2. The summed E-state index contributed by atoms with van der Waals surface area (Å²) in [6, 6.07) is 4.87. The van der Waals surface area contributed by atoms with E-state index in [1.165, 1.54) is 12.1 Å². The van der Waals surface area contributed by atoms with Gasteiger partial charge in [-0.2, -0.15) is 17.6 Å². The molecule has 2 nitrogen and oxygen atoms in total. The zero-order valence-corrected chi connectivity index (χ0v) is 12.6. The molecule has 0 radical (unpaired) electrons. The summed E-state index contributed by atoms with van der Waals surface area (Å²) in [5, 5.41) is 0. The van der Waals surface area contributed by atoms with E-state index in [0.717, 1.165) is 31.4 Å². The van der Waals surface area contributed by atoms with Crippen LogP contribution in [0.3, 0.4) is 0 Å². The molecule has 1 rings (SSSR count). The first kappa shape index (κ1) is 18.5. The highest BCUT2D eigenvalue weighted by Gasteiger charge is 2.43. The number of rotatable bonds is 9. The Labute approximate surface area is 127 Å². The topological polar surface area (TPSA) is 26.3 Å². The summed E-state index contributed by atoms with van der Waals surface area (Å²) < 4.78 is 53.6. The molecular weight excluding hydrogens is 300 g/mol. The molecule has 0 heterocycles. The van der Waals surface area contributed by atoms with E-state index in [9.17, 15) is 22.4 Å². The second kappa shape index (κ2) is 8.15. The minimum atomic E-state index is -4.54. The Morgan fingerprint density at radius 2 is 1.77 bits per heavy atom. The Balaban J connectivity index is 2.77. The molecule has 0 aromatic heterocycles. The van der Waals surface area contributed by atoms with Crippen LogP contribution in [0, 0.1) is 5.92 Å². The first-order valence-corrected chi connectivity index (χ1v) is 7.31. The molecule has 0 N–H and O–H groups in total. The Morgan fingerprint density at radius 1 is 1.18 bits per heavy atom. The molecule has 0 amide bonds. The van der Waals surface area contributed by atoms with Gasteiger partial charge in [-0.1, -0.05) is 26.7 Å². The molecule has 0 saturated heterocycles. The zero-order valence-electron chi connectivity index (χ0n) is 12.6. The van der Waals surface area contributed by atoms with Crippen LogP contribution < -0.4 is 4.74 Å². The van der Waals surface area contributed by atoms with Gasteiger partial charge in [-0.05, 0) is 37.1 Å². The second-order valence-corrected chi connectivity index (χ2v) is 5.10. The highest BCUT2D eigenvalue weighted by atomic mass is 19.3. The van der Waals surface area contributed by atoms with E-state index in [1.807, 2.05) is 13.8 Å². The van der Waals surface area contributed by atoms with Crippen molar-refractivity contribution < 1.29 is 27.1 Å². The van der Waals surface area contributed by atoms with Crippen molar-refractivity contribution >= 4 is 5.78 Å². The van der Waals surface area contributed by atoms with Gasteiger partial charge >= 0.3 is 12.5 Å². The third kappa shape index (κ3) is 5.00. The summed E-state index contributed by atoms with van der Waals surface area (Å²) in [5.41, 5.74) is 0.371. The van der Waals surface area contributed by atoms with Crippen molar-refractivity contribution in [3.05, 3.63) is 29.8 Å². The van der Waals surface area contributed by atoms with E-state index >= 15 is 0 Å². The molecule has 1 aromatic rings. The highest BCUT2D eigenvalue weighted by Crippen LogP contribution is 2.28. The van der Waals surface area contributed by atoms with E-state index in [4.69, 9.17) is 0 Å². The van der Waals surface area contributed by atoms with Crippen molar-refractivity contribution in [2.75, 3.05) is 0 Å². The van der Waals surface area contributed by atoms with Crippen molar-refractivity contribution in [2.45, 2.75) is 52.1 Å². The Morgan fingerprint density at radius 3 is 2.23 bits per heavy atom. The summed E-state index contributed by atoms with van der Waals surface area (Å²) in [7, 11) is 0. The highest BCUT2D eigenvalue weighted by molar-refractivity contribution is 5.97. The average Bonchev–Trinajstić information content (AvgIpc) is 2.48. The van der Waals surface area contributed by atoms with Crippen molar-refractivity contribution in [1.82, 2.24) is 0 Å². The van der Waals surface area contributed by atoms with Gasteiger partial charge in [-0.15, -0.1) is 0 Å². The van der Waals surface area contributed by atoms with Gasteiger partial charge in [0, 0.05) is 11.5 Å². The lowest BCUT2D eigenvalue weighted by molar-refractivity contribution is -0.253. The molecule has 1 atom stereocenters. The van der Waals surface area contributed by atoms with Crippen LogP contribution in [0.25, 0.3) is 0 Å². The first-order chi connectivity index (χ1) is 10.3. The fraction of sp³-hybridized carbons (Fsp3) is 0.562. The summed E-state index contributed by atoms with van der Waals surface area (Å²) in [4.78, 5) is 12.3. The third-order valence-corrected chi connectivity index (χ3v) is 3.42. The monoisotopic (exact) mass is 320 g/mol. The molecule has 0 fully saturated rings. The quantitative estimate of drug-likeness (QED) is 0.454. The Hall–Kier alpha value is -1.59. The third-order valence-electron chi connectivity index (χ3n) is 3.42. The smallest absolute Gasteiger partial charge is 0.428 e. The van der Waals surface area contributed by atoms with E-state index in [-0.39, 0.29) is 11.7 Å². The van der Waals surface area contributed by atoms with Gasteiger partial charge in [0.2, 0.25) is 0 Å². The zero-order chi connectivity index (χ0) is 16.8. The number of ketones is 1. The molecule has 0 aliphatic rings. The van der Waals surface area contributed by atoms with Crippen LogP contribution >= 0.6 is 0 Å². The van der Waals surface area contributed by atoms with E-state index in [1.54, 1.807) is 0 Å². The van der Waals surface area contributed by atoms with Crippen LogP contribution in [0.15, 0.2) is 24.3 Å². The lowest BCUT2D eigenvalue weighted by Crippen LogP contribution is -2.33. The predicted octanol–water partition coefficient (Wildman–Crippen LogP) is 5.32. The Bertz CT molecular complexity index is 472. The average molecular weight is 320 g/mol. The first-order valence-electron chi connectivity index (χ1n) is 7.31. The number of unbranched alkanes of at least 4 members (excludes halogenated alkanes) is 1. The summed E-state index contributed by atoms with van der Waals surface area (Å²) in [6.45, 7) is 3.95. The van der Waals surface area contributed by atoms with Crippen molar-refractivity contribution in [2.24, 2.45) is 5.92 Å². The van der Waals surface area contributed by atoms with Gasteiger partial charge in [0.1, 0.15) is 5.75 Å². The fourth-order valence-corrected chi connectivity index (χ4v) is 2.10. The van der Waals surface area contributed by atoms with Crippen molar-refractivity contribution in [1.29, 1.82) is 0 Å². The van der Waals surface area contributed by atoms with E-state index in [2.05, 4.69) is 4.74 Å². The molecule has 0 aliphatic carbocycles. The number of ether oxygens (including phenoxy) is 1. The van der Waals surface area contributed by atoms with Crippen LogP contribution in [0.4, 0.5) is 17.6 Å². The van der Waals surface area contributed by atoms with E-state index in [0.29, 0.717) is 12.0 Å². The predicted molar refractivity (Wildman–Crippen MR) is 75.7 cm³/mol. The largest absolute Gasteiger partial charge is 0.461 e. The number of halogens is 4. The van der Waals surface area contributed by atoms with Gasteiger partial charge in [0.05, 0.1) is 0 Å². The minimum Gasteiger partial charge on any atom is -0.428 e. The maximum Gasteiger partial charge on any atom is 0.461 e. The maximum atomic E-state index is 12.8. The van der Waals surface area contributed by atoms with Gasteiger partial charge in [0.15, 0.2) is 5.78 Å². The molecule has 0 aliphatic heterocycles. The molecule has 0 spiro atoms. The van der Waals surface area contributed by atoms with Crippen LogP contribution in [-0.4, -0.2) is 18.3 Å². The van der Waals surface area contributed by atoms with Crippen molar-refractivity contribution in [3.63, 3.8) is 0 Å². The molecule has 6 heteroatoms. The van der Waals surface area contributed by atoms with E-state index < -0.39 is 18.3 Å². The summed E-state index contributed by atoms with van der Waals surface area (Å²) >= 11 is 0. The number of carbonyl (C=O) groups is 1. The van der Waals surface area contributed by atoms with Crippen molar-refractivity contribution in [3.8, 4) is 5.75 Å². The van der Waals surface area contributed by atoms with Gasteiger partial charge in [-0.3, -0.25) is 4.79 Å². The molecule has 0 bridgehead atoms. The number of hydrogen-bond donors (Lipinski definition) is 0. The van der Waals surface area contributed by atoms with Gasteiger partial charge in [-0.25, -0.2) is 0 Å². The summed E-state index contributed by atoms with van der Waals surface area (Å²) in [6.07, 6.45) is -5.06. The number of carbonyl (C=O) groups excluding carboxylic acids is 1. The standard InChI is InChI=1S/C16H20F4O2/c1-3-5-6-11(4-2)14(21)12-7-9-13(10-8-12)22-16(19,20)15(17)18/h7-11,15H,3-6H2,1-2H3. The van der Waals surface area contributed by atoms with Crippen LogP contribution in [0.5, 0.6) is 5.75 Å². The van der Waals surface area contributed by atoms with Crippen LogP contribution in [0.2, 0.25) is 0 Å². The molecule has 1 aromatic carbocycles. The molecule has 0 saturated carbocycles. The number of hydrogen-bond acceptors (Lipinski definition) is 2. The van der Waals surface area contributed by atoms with Gasteiger partial charge < -0.3 is 4.74 Å². The number of alkyl halides is 4. The minimum absolute atomic E-state index is 0.0666. The van der Waals surface area contributed by atoms with Gasteiger partial charge in [0.25, 0.3) is 0 Å². The second-order valence-electron chi connectivity index (χ2n) is 5.10. The number of Topliss-reactive ketones (excluding diaryl/α,β-unsaturated/α-hetero) is 1. The molecule has 1 unspecified atom stereocenters. The summed E-state index contributed by atoms with van der Waals surface area (Å²) in [5.74, 6) is -0.583. The number of benzene rings is 1. The van der Waals surface area contributed by atoms with Crippen LogP contribution in [-0.2, 0) is 0 Å². The van der Waals surface area contributed by atoms with Crippen LogP contribution in [0.1, 0.15) is 49.9 Å². The lowest BCUT2D eigenvalue weighted by atomic mass is 9.91. The maximum absolute atomic E-state index is 12.8. The lowest BCUT2D eigenvalue weighted by Gasteiger charge is -2.17. The Kier molecular flexibility index (Phi) is 6.84. The fourth-order valence-electron chi connectivity index (χ4n) is 2.10. The molecular formula is C16H20F4O2. The molecule has 22 heavy (non-hydrogen) atoms.